The quantitative estimate of drug-likeness (QED) is 0.657. The Morgan fingerprint density at radius 2 is 2.28 bits per heavy atom. The lowest BCUT2D eigenvalue weighted by Crippen LogP contribution is -2.01. The Hall–Kier alpha value is -2.51. The van der Waals surface area contributed by atoms with Crippen molar-refractivity contribution in [2.45, 2.75) is 6.54 Å². The second kappa shape index (κ2) is 4.78. The largest absolute Gasteiger partial charge is 0.379 e. The Morgan fingerprint density at radius 1 is 1.50 bits per heavy atom. The van der Waals surface area contributed by atoms with Crippen LogP contribution in [0.25, 0.3) is 0 Å². The van der Waals surface area contributed by atoms with E-state index in [0.29, 0.717) is 17.9 Å². The molecule has 0 radical (unpaired) electrons. The van der Waals surface area contributed by atoms with Crippen LogP contribution >= 0.6 is 0 Å². The van der Waals surface area contributed by atoms with Gasteiger partial charge in [-0.25, -0.2) is 4.39 Å². The van der Waals surface area contributed by atoms with E-state index in [9.17, 15) is 14.5 Å². The van der Waals surface area contributed by atoms with Gasteiger partial charge in [0.2, 0.25) is 0 Å². The Labute approximate surface area is 101 Å². The maximum absolute atomic E-state index is 13.1. The smallest absolute Gasteiger partial charge is 0.274 e. The molecule has 0 aliphatic heterocycles. The number of rotatable bonds is 4. The standard InChI is InChI=1S/C10H10FN5O2/c1-15-6-9(13-14-15)5-12-8-2-7(11)3-10(4-8)16(17)18/h2-4,6,12H,5H2,1H3. The highest BCUT2D eigenvalue weighted by atomic mass is 19.1. The highest BCUT2D eigenvalue weighted by molar-refractivity contribution is 5.51. The first kappa shape index (κ1) is 12.0. The summed E-state index contributed by atoms with van der Waals surface area (Å²) in [6.45, 7) is 0.314. The molecule has 94 valence electrons. The van der Waals surface area contributed by atoms with Crippen LogP contribution in [0.2, 0.25) is 0 Å². The van der Waals surface area contributed by atoms with E-state index in [4.69, 9.17) is 0 Å². The summed E-state index contributed by atoms with van der Waals surface area (Å²) in [7, 11) is 1.73. The first-order chi connectivity index (χ1) is 8.54. The van der Waals surface area contributed by atoms with E-state index in [1.54, 1.807) is 13.2 Å². The minimum Gasteiger partial charge on any atom is -0.379 e. The van der Waals surface area contributed by atoms with Crippen molar-refractivity contribution in [3.63, 3.8) is 0 Å². The number of halogens is 1. The molecule has 0 atom stereocenters. The molecule has 2 aromatic rings. The van der Waals surface area contributed by atoms with E-state index in [2.05, 4.69) is 15.6 Å². The maximum Gasteiger partial charge on any atom is 0.274 e. The summed E-state index contributed by atoms with van der Waals surface area (Å²) in [5.74, 6) is -0.661. The Kier molecular flexibility index (Phi) is 3.18. The molecule has 0 spiro atoms. The third-order valence-electron chi connectivity index (χ3n) is 2.22. The van der Waals surface area contributed by atoms with Crippen molar-refractivity contribution in [3.8, 4) is 0 Å². The number of nitro benzene ring substituents is 1. The van der Waals surface area contributed by atoms with E-state index in [1.807, 2.05) is 0 Å². The fourth-order valence-electron chi connectivity index (χ4n) is 1.45. The molecule has 0 saturated carbocycles. The lowest BCUT2D eigenvalue weighted by atomic mass is 10.2. The number of aryl methyl sites for hydroxylation is 1. The van der Waals surface area contributed by atoms with Crippen LogP contribution in [0.1, 0.15) is 5.69 Å². The van der Waals surface area contributed by atoms with Crippen LogP contribution in [0.3, 0.4) is 0 Å². The maximum atomic E-state index is 13.1. The lowest BCUT2D eigenvalue weighted by Gasteiger charge is -2.04. The van der Waals surface area contributed by atoms with Crippen LogP contribution in [0.5, 0.6) is 0 Å². The van der Waals surface area contributed by atoms with Gasteiger partial charge in [-0.05, 0) is 6.07 Å². The zero-order valence-electron chi connectivity index (χ0n) is 9.50. The fourth-order valence-corrected chi connectivity index (χ4v) is 1.45. The second-order valence-electron chi connectivity index (χ2n) is 3.69. The van der Waals surface area contributed by atoms with Gasteiger partial charge in [0.15, 0.2) is 0 Å². The van der Waals surface area contributed by atoms with E-state index < -0.39 is 10.7 Å². The molecule has 0 unspecified atom stereocenters. The molecule has 0 fully saturated rings. The van der Waals surface area contributed by atoms with Crippen molar-refractivity contribution in [1.29, 1.82) is 0 Å². The molecule has 1 N–H and O–H groups in total. The molecule has 0 aliphatic carbocycles. The fraction of sp³-hybridized carbons (Fsp3) is 0.200. The molecule has 0 bridgehead atoms. The van der Waals surface area contributed by atoms with Crippen molar-refractivity contribution < 1.29 is 9.31 Å². The normalized spacial score (nSPS) is 10.3. The van der Waals surface area contributed by atoms with Crippen molar-refractivity contribution >= 4 is 11.4 Å². The minimum atomic E-state index is -0.661. The van der Waals surface area contributed by atoms with E-state index >= 15 is 0 Å². The predicted octanol–water partition coefficient (Wildman–Crippen LogP) is 1.47. The number of anilines is 1. The van der Waals surface area contributed by atoms with Gasteiger partial charge in [0.25, 0.3) is 5.69 Å². The minimum absolute atomic E-state index is 0.295. The van der Waals surface area contributed by atoms with Crippen LogP contribution < -0.4 is 5.32 Å². The average Bonchev–Trinajstić information content (AvgIpc) is 2.72. The van der Waals surface area contributed by atoms with Crippen LogP contribution in [0, 0.1) is 15.9 Å². The van der Waals surface area contributed by atoms with Crippen LogP contribution in [-0.4, -0.2) is 19.9 Å². The first-order valence-corrected chi connectivity index (χ1v) is 5.08. The zero-order valence-corrected chi connectivity index (χ0v) is 9.50. The van der Waals surface area contributed by atoms with Gasteiger partial charge in [0.1, 0.15) is 11.5 Å². The number of nitro groups is 1. The summed E-state index contributed by atoms with van der Waals surface area (Å²) >= 11 is 0. The molecule has 18 heavy (non-hydrogen) atoms. The summed E-state index contributed by atoms with van der Waals surface area (Å²) in [5, 5.41) is 21.0. The van der Waals surface area contributed by atoms with Crippen molar-refractivity contribution in [3.05, 3.63) is 46.0 Å². The van der Waals surface area contributed by atoms with Crippen LogP contribution in [0.4, 0.5) is 15.8 Å². The molecule has 1 aromatic carbocycles. The number of non-ortho nitro benzene ring substituents is 1. The third kappa shape index (κ3) is 2.78. The van der Waals surface area contributed by atoms with E-state index in [-0.39, 0.29) is 5.69 Å². The van der Waals surface area contributed by atoms with Gasteiger partial charge in [0, 0.05) is 25.0 Å². The monoisotopic (exact) mass is 251 g/mol. The third-order valence-corrected chi connectivity index (χ3v) is 2.22. The average molecular weight is 251 g/mol. The molecule has 8 heteroatoms. The van der Waals surface area contributed by atoms with Gasteiger partial charge in [-0.1, -0.05) is 5.21 Å². The molecular formula is C10H10FN5O2. The first-order valence-electron chi connectivity index (χ1n) is 5.08. The van der Waals surface area contributed by atoms with Crippen molar-refractivity contribution in [2.24, 2.45) is 7.05 Å². The number of nitrogens with zero attached hydrogens (tertiary/aromatic N) is 4. The summed E-state index contributed by atoms with van der Waals surface area (Å²) in [4.78, 5) is 9.93. The Balaban J connectivity index is 2.11. The molecule has 0 aliphatic rings. The molecule has 2 rings (SSSR count). The van der Waals surface area contributed by atoms with Gasteiger partial charge < -0.3 is 5.32 Å². The molecule has 7 nitrogen and oxygen atoms in total. The summed E-state index contributed by atoms with van der Waals surface area (Å²) in [6.07, 6.45) is 1.70. The highest BCUT2D eigenvalue weighted by Crippen LogP contribution is 2.20. The molecule has 0 amide bonds. The number of nitrogens with one attached hydrogen (secondary N) is 1. The summed E-state index contributed by atoms with van der Waals surface area (Å²) in [5.41, 5.74) is 0.688. The molecular weight excluding hydrogens is 241 g/mol. The number of benzene rings is 1. The van der Waals surface area contributed by atoms with Gasteiger partial charge >= 0.3 is 0 Å². The van der Waals surface area contributed by atoms with E-state index in [1.165, 1.54) is 16.8 Å². The zero-order chi connectivity index (χ0) is 13.1. The summed E-state index contributed by atoms with van der Waals surface area (Å²) in [6, 6.07) is 3.32. The van der Waals surface area contributed by atoms with Crippen LogP contribution in [-0.2, 0) is 13.6 Å². The summed E-state index contributed by atoms with van der Waals surface area (Å²) < 4.78 is 14.7. The van der Waals surface area contributed by atoms with Crippen molar-refractivity contribution in [2.75, 3.05) is 5.32 Å². The van der Waals surface area contributed by atoms with Gasteiger partial charge in [-0.2, -0.15) is 0 Å². The predicted molar refractivity (Wildman–Crippen MR) is 61.4 cm³/mol. The highest BCUT2D eigenvalue weighted by Gasteiger charge is 2.09. The Morgan fingerprint density at radius 3 is 2.89 bits per heavy atom. The number of aromatic nitrogens is 3. The van der Waals surface area contributed by atoms with Crippen molar-refractivity contribution in [1.82, 2.24) is 15.0 Å². The number of hydrogen-bond acceptors (Lipinski definition) is 5. The second-order valence-corrected chi connectivity index (χ2v) is 3.69. The van der Waals surface area contributed by atoms with E-state index in [0.717, 1.165) is 6.07 Å². The lowest BCUT2D eigenvalue weighted by molar-refractivity contribution is -0.385. The van der Waals surface area contributed by atoms with Gasteiger partial charge in [0.05, 0.1) is 17.5 Å². The van der Waals surface area contributed by atoms with Gasteiger partial charge in [-0.15, -0.1) is 5.10 Å². The topological polar surface area (TPSA) is 85.9 Å². The number of hydrogen-bond donors (Lipinski definition) is 1. The molecule has 1 aromatic heterocycles. The molecule has 0 saturated heterocycles. The molecule has 1 heterocycles. The SMILES string of the molecule is Cn1cc(CNc2cc(F)cc([N+](=O)[O-])c2)nn1. The Bertz CT molecular complexity index is 583. The van der Waals surface area contributed by atoms with Gasteiger partial charge in [-0.3, -0.25) is 14.8 Å². The van der Waals surface area contributed by atoms with Crippen LogP contribution in [0.15, 0.2) is 24.4 Å².